The number of carboxylic acid groups (broad SMARTS) is 1. The molecule has 238 valence electrons. The van der Waals surface area contributed by atoms with E-state index in [0.717, 1.165) is 42.0 Å². The molecule has 0 spiro atoms. The minimum absolute atomic E-state index is 0.0141. The molecule has 1 aliphatic rings. The molecule has 1 fully saturated rings. The van der Waals surface area contributed by atoms with Crippen molar-refractivity contribution in [3.8, 4) is 17.1 Å². The van der Waals surface area contributed by atoms with E-state index in [1.807, 2.05) is 32.0 Å². The number of nitrogens with one attached hydrogen (secondary N) is 2. The van der Waals surface area contributed by atoms with Crippen LogP contribution >= 0.6 is 0 Å². The highest BCUT2D eigenvalue weighted by molar-refractivity contribution is 7.92. The number of hydrogen-bond donors (Lipinski definition) is 3. The molecule has 1 saturated heterocycles. The maximum Gasteiger partial charge on any atom is 0.335 e. The molecule has 2 heterocycles. The lowest BCUT2D eigenvalue weighted by Crippen LogP contribution is -2.42. The summed E-state index contributed by atoms with van der Waals surface area (Å²) >= 11 is 0. The number of benzene rings is 2. The summed E-state index contributed by atoms with van der Waals surface area (Å²) < 4.78 is 41.5. The summed E-state index contributed by atoms with van der Waals surface area (Å²) in [7, 11) is -4.21. The quantitative estimate of drug-likeness (QED) is 0.222. The maximum atomic E-state index is 13.3. The minimum Gasteiger partial charge on any atom is -0.478 e. The van der Waals surface area contributed by atoms with Crippen molar-refractivity contribution in [2.45, 2.75) is 90.4 Å². The van der Waals surface area contributed by atoms with Gasteiger partial charge < -0.3 is 19.9 Å². The first-order chi connectivity index (χ1) is 20.5. The van der Waals surface area contributed by atoms with Gasteiger partial charge in [-0.05, 0) is 81.7 Å². The zero-order chi connectivity index (χ0) is 32.3. The molecule has 1 unspecified atom stereocenters. The Kier molecular flexibility index (Phi) is 10.0. The van der Waals surface area contributed by atoms with Crippen molar-refractivity contribution in [2.75, 3.05) is 17.9 Å². The smallest absolute Gasteiger partial charge is 0.335 e. The van der Waals surface area contributed by atoms with Gasteiger partial charge in [-0.1, -0.05) is 45.0 Å². The number of hydrogen-bond acceptors (Lipinski definition) is 8. The summed E-state index contributed by atoms with van der Waals surface area (Å²) in [6.45, 7) is 15.7. The van der Waals surface area contributed by atoms with Gasteiger partial charge in [-0.25, -0.2) is 22.9 Å². The number of anilines is 1. The molecular formula is C33H44N4O6S. The first-order valence-corrected chi connectivity index (χ1v) is 16.4. The monoisotopic (exact) mass is 624 g/mol. The van der Waals surface area contributed by atoms with Crippen LogP contribution in [0.5, 0.6) is 5.88 Å². The SMILES string of the molecule is Cc1cccc(C)c1-c1cc(OC[C@@H](CC(C)(C)C)NCC2CCC(C)(C)O2)nc(NS(=O)(=O)c2cccc(C(=O)O)c2)n1. The number of aromatic carboxylic acids is 1. The highest BCUT2D eigenvalue weighted by Crippen LogP contribution is 2.31. The van der Waals surface area contributed by atoms with Crippen molar-refractivity contribution < 1.29 is 27.8 Å². The van der Waals surface area contributed by atoms with E-state index in [4.69, 9.17) is 9.47 Å². The molecule has 0 bridgehead atoms. The van der Waals surface area contributed by atoms with Crippen LogP contribution in [0.25, 0.3) is 11.3 Å². The third-order valence-electron chi connectivity index (χ3n) is 7.54. The fourth-order valence-corrected chi connectivity index (χ4v) is 6.49. The van der Waals surface area contributed by atoms with Crippen LogP contribution in [-0.2, 0) is 14.8 Å². The second-order valence-electron chi connectivity index (χ2n) is 13.3. The number of carboxylic acids is 1. The molecule has 1 aliphatic heterocycles. The lowest BCUT2D eigenvalue weighted by molar-refractivity contribution is -0.0161. The molecule has 0 radical (unpaired) electrons. The van der Waals surface area contributed by atoms with Gasteiger partial charge in [0.15, 0.2) is 0 Å². The van der Waals surface area contributed by atoms with Crippen molar-refractivity contribution >= 4 is 21.9 Å². The summed E-state index contributed by atoms with van der Waals surface area (Å²) in [5.41, 5.74) is 3.03. The largest absolute Gasteiger partial charge is 0.478 e. The van der Waals surface area contributed by atoms with E-state index in [1.54, 1.807) is 6.07 Å². The number of carbonyl (C=O) groups is 1. The Hall–Kier alpha value is -3.54. The lowest BCUT2D eigenvalue weighted by atomic mass is 9.88. The third kappa shape index (κ3) is 8.99. The van der Waals surface area contributed by atoms with Gasteiger partial charge in [-0.3, -0.25) is 0 Å². The number of nitrogens with zero attached hydrogens (tertiary/aromatic N) is 2. The van der Waals surface area contributed by atoms with E-state index >= 15 is 0 Å². The Morgan fingerprint density at radius 3 is 2.41 bits per heavy atom. The lowest BCUT2D eigenvalue weighted by Gasteiger charge is -2.28. The summed E-state index contributed by atoms with van der Waals surface area (Å²) in [6, 6.07) is 12.7. The van der Waals surface area contributed by atoms with Gasteiger partial charge in [-0.2, -0.15) is 4.98 Å². The van der Waals surface area contributed by atoms with Gasteiger partial charge in [0.1, 0.15) is 6.61 Å². The maximum absolute atomic E-state index is 13.3. The molecule has 2 aromatic carbocycles. The predicted molar refractivity (Wildman–Crippen MR) is 171 cm³/mol. The molecule has 2 atom stereocenters. The molecule has 0 amide bonds. The highest BCUT2D eigenvalue weighted by Gasteiger charge is 2.32. The van der Waals surface area contributed by atoms with Crippen LogP contribution in [0.3, 0.4) is 0 Å². The molecule has 10 nitrogen and oxygen atoms in total. The van der Waals surface area contributed by atoms with Gasteiger partial charge in [0, 0.05) is 24.2 Å². The van der Waals surface area contributed by atoms with Crippen LogP contribution in [0.15, 0.2) is 53.4 Å². The second-order valence-corrected chi connectivity index (χ2v) is 15.0. The Morgan fingerprint density at radius 1 is 1.11 bits per heavy atom. The normalized spacial score (nSPS) is 17.3. The predicted octanol–water partition coefficient (Wildman–Crippen LogP) is 5.99. The fraction of sp³-hybridized carbons (Fsp3) is 0.485. The summed E-state index contributed by atoms with van der Waals surface area (Å²) in [4.78, 5) is 20.2. The third-order valence-corrected chi connectivity index (χ3v) is 8.86. The Labute approximate surface area is 260 Å². The Bertz CT molecular complexity index is 1580. The molecule has 4 rings (SSSR count). The van der Waals surface area contributed by atoms with Crippen LogP contribution in [0.2, 0.25) is 0 Å². The van der Waals surface area contributed by atoms with Crippen LogP contribution < -0.4 is 14.8 Å². The van der Waals surface area contributed by atoms with Crippen molar-refractivity contribution in [3.63, 3.8) is 0 Å². The molecule has 3 aromatic rings. The van der Waals surface area contributed by atoms with Crippen molar-refractivity contribution in [1.82, 2.24) is 15.3 Å². The molecular weight excluding hydrogens is 580 g/mol. The van der Waals surface area contributed by atoms with Gasteiger partial charge in [-0.15, -0.1) is 0 Å². The summed E-state index contributed by atoms with van der Waals surface area (Å²) in [5.74, 6) is -1.19. The molecule has 44 heavy (non-hydrogen) atoms. The topological polar surface area (TPSA) is 140 Å². The van der Waals surface area contributed by atoms with Crippen LogP contribution in [0.1, 0.15) is 75.4 Å². The first-order valence-electron chi connectivity index (χ1n) is 14.9. The van der Waals surface area contributed by atoms with Crippen molar-refractivity contribution in [1.29, 1.82) is 0 Å². The average Bonchev–Trinajstić information content (AvgIpc) is 3.27. The van der Waals surface area contributed by atoms with E-state index in [0.29, 0.717) is 18.8 Å². The molecule has 3 N–H and O–H groups in total. The van der Waals surface area contributed by atoms with Crippen molar-refractivity contribution in [3.05, 3.63) is 65.2 Å². The highest BCUT2D eigenvalue weighted by atomic mass is 32.2. The molecule has 0 aliphatic carbocycles. The number of sulfonamides is 1. The minimum atomic E-state index is -4.21. The number of rotatable bonds is 12. The van der Waals surface area contributed by atoms with E-state index < -0.39 is 16.0 Å². The van der Waals surface area contributed by atoms with E-state index in [1.165, 1.54) is 18.2 Å². The average molecular weight is 625 g/mol. The molecule has 0 saturated carbocycles. The van der Waals surface area contributed by atoms with Gasteiger partial charge in [0.25, 0.3) is 10.0 Å². The molecule has 1 aromatic heterocycles. The second kappa shape index (κ2) is 13.2. The zero-order valence-corrected chi connectivity index (χ0v) is 27.4. The van der Waals surface area contributed by atoms with Crippen LogP contribution in [0, 0.1) is 19.3 Å². The van der Waals surface area contributed by atoms with E-state index in [2.05, 4.69) is 54.6 Å². The number of ether oxygens (including phenoxy) is 2. The van der Waals surface area contributed by atoms with Gasteiger partial charge >= 0.3 is 5.97 Å². The van der Waals surface area contributed by atoms with Crippen LogP contribution in [0.4, 0.5) is 5.95 Å². The summed E-state index contributed by atoms with van der Waals surface area (Å²) in [6.07, 6.45) is 2.97. The standard InChI is InChI=1S/C33H44N4O6S/c1-21-10-8-11-22(2)29(21)27-17-28(36-31(35-27)37-44(40,41)26-13-9-12-23(16-26)30(38)39)42-20-24(18-32(3,4)5)34-19-25-14-15-33(6,7)43-25/h8-13,16-17,24-25,34H,14-15,18-20H2,1-7H3,(H,38,39)(H,35,36,37)/t24-,25?/m1/s1. The summed E-state index contributed by atoms with van der Waals surface area (Å²) in [5, 5.41) is 13.0. The van der Waals surface area contributed by atoms with Crippen LogP contribution in [-0.4, -0.2) is 60.4 Å². The number of aromatic nitrogens is 2. The van der Waals surface area contributed by atoms with Gasteiger partial charge in [0.05, 0.1) is 27.9 Å². The zero-order valence-electron chi connectivity index (χ0n) is 26.6. The fourth-order valence-electron chi connectivity index (χ4n) is 5.50. The number of aryl methyl sites for hydroxylation is 2. The van der Waals surface area contributed by atoms with Crippen molar-refractivity contribution in [2.24, 2.45) is 5.41 Å². The van der Waals surface area contributed by atoms with Gasteiger partial charge in [0.2, 0.25) is 11.8 Å². The Morgan fingerprint density at radius 2 is 1.80 bits per heavy atom. The molecule has 11 heteroatoms. The van der Waals surface area contributed by atoms with E-state index in [9.17, 15) is 18.3 Å². The Balaban J connectivity index is 1.63. The first kappa shape index (κ1) is 33.4. The van der Waals surface area contributed by atoms with E-state index in [-0.39, 0.29) is 45.4 Å².